The molecule has 0 unspecified atom stereocenters. The highest BCUT2D eigenvalue weighted by atomic mass is 16.5. The lowest BCUT2D eigenvalue weighted by atomic mass is 10.0. The Morgan fingerprint density at radius 3 is 1.80 bits per heavy atom. The number of hydrogen-bond donors (Lipinski definition) is 0. The highest BCUT2D eigenvalue weighted by molar-refractivity contribution is 6.03. The summed E-state index contributed by atoms with van der Waals surface area (Å²) in [4.78, 5) is 24.7. The number of rotatable bonds is 10. The number of carbonyl (C=O) groups is 2. The van der Waals surface area contributed by atoms with Gasteiger partial charge in [-0.3, -0.25) is 0 Å². The minimum atomic E-state index is -0.460. The van der Waals surface area contributed by atoms with Gasteiger partial charge in [-0.15, -0.1) is 0 Å². The molecule has 1 aromatic rings. The number of carbonyl (C=O) groups excluding carboxylic acids is 2. The molecule has 0 bridgehead atoms. The first-order chi connectivity index (χ1) is 11.8. The van der Waals surface area contributed by atoms with E-state index in [-0.39, 0.29) is 5.56 Å². The molecule has 0 saturated carbocycles. The number of ether oxygens (including phenoxy) is 2. The van der Waals surface area contributed by atoms with Crippen molar-refractivity contribution in [3.8, 4) is 0 Å². The summed E-state index contributed by atoms with van der Waals surface area (Å²) in [7, 11) is 0. The smallest absolute Gasteiger partial charge is 0.339 e. The van der Waals surface area contributed by atoms with Gasteiger partial charge in [-0.25, -0.2) is 9.59 Å². The monoisotopic (exact) mass is 348 g/mol. The lowest BCUT2D eigenvalue weighted by Gasteiger charge is -2.11. The molecular weight excluding hydrogens is 316 g/mol. The van der Waals surface area contributed by atoms with Crippen molar-refractivity contribution >= 4 is 11.9 Å². The summed E-state index contributed by atoms with van der Waals surface area (Å²) < 4.78 is 10.7. The van der Waals surface area contributed by atoms with Crippen LogP contribution in [0.4, 0.5) is 0 Å². The maximum atomic E-state index is 12.4. The molecule has 0 aliphatic heterocycles. The van der Waals surface area contributed by atoms with Crippen LogP contribution in [0.1, 0.15) is 79.7 Å². The predicted molar refractivity (Wildman–Crippen MR) is 99.9 cm³/mol. The van der Waals surface area contributed by atoms with E-state index in [1.165, 1.54) is 0 Å². The highest BCUT2D eigenvalue weighted by Gasteiger charge is 2.19. The molecule has 0 spiro atoms. The summed E-state index contributed by atoms with van der Waals surface area (Å²) in [5.41, 5.74) is 1.48. The molecule has 0 aliphatic carbocycles. The molecule has 25 heavy (non-hydrogen) atoms. The molecule has 0 saturated heterocycles. The van der Waals surface area contributed by atoms with Gasteiger partial charge in [0.25, 0.3) is 0 Å². The Morgan fingerprint density at radius 1 is 0.840 bits per heavy atom. The lowest BCUT2D eigenvalue weighted by molar-refractivity contribution is 0.0447. The van der Waals surface area contributed by atoms with Gasteiger partial charge in [0.05, 0.1) is 24.3 Å². The summed E-state index contributed by atoms with van der Waals surface area (Å²) in [5, 5.41) is 0. The third-order valence-corrected chi connectivity index (χ3v) is 3.93. The summed E-state index contributed by atoms with van der Waals surface area (Å²) in [5.74, 6) is 0.239. The minimum absolute atomic E-state index is 0.281. The average Bonchev–Trinajstić information content (AvgIpc) is 2.54. The Labute approximate surface area is 151 Å². The second-order valence-corrected chi connectivity index (χ2v) is 7.39. The molecular formula is C21H32O4. The molecule has 0 fully saturated rings. The van der Waals surface area contributed by atoms with Crippen LogP contribution < -0.4 is 0 Å². The number of esters is 2. The molecule has 140 valence electrons. The molecule has 0 atom stereocenters. The van der Waals surface area contributed by atoms with Crippen LogP contribution in [0.3, 0.4) is 0 Å². The third kappa shape index (κ3) is 8.19. The molecule has 0 N–H and O–H groups in total. The van der Waals surface area contributed by atoms with E-state index in [0.717, 1.165) is 31.2 Å². The quantitative estimate of drug-likeness (QED) is 0.432. The van der Waals surface area contributed by atoms with Crippen molar-refractivity contribution in [2.24, 2.45) is 11.8 Å². The van der Waals surface area contributed by atoms with E-state index in [1.54, 1.807) is 18.2 Å². The Bertz CT molecular complexity index is 561. The van der Waals surface area contributed by atoms with Crippen molar-refractivity contribution in [1.82, 2.24) is 0 Å². The maximum absolute atomic E-state index is 12.4. The minimum Gasteiger partial charge on any atom is -0.462 e. The Morgan fingerprint density at radius 2 is 1.32 bits per heavy atom. The Kier molecular flexibility index (Phi) is 9.25. The van der Waals surface area contributed by atoms with E-state index in [2.05, 4.69) is 27.7 Å². The van der Waals surface area contributed by atoms with Gasteiger partial charge in [0.1, 0.15) is 0 Å². The lowest BCUT2D eigenvalue weighted by Crippen LogP contribution is -2.15. The maximum Gasteiger partial charge on any atom is 0.339 e. The van der Waals surface area contributed by atoms with Gasteiger partial charge in [-0.1, -0.05) is 39.3 Å². The first-order valence-corrected chi connectivity index (χ1v) is 9.26. The fourth-order valence-electron chi connectivity index (χ4n) is 2.47. The second-order valence-electron chi connectivity index (χ2n) is 7.39. The number of hydrogen-bond acceptors (Lipinski definition) is 4. The van der Waals surface area contributed by atoms with E-state index in [9.17, 15) is 9.59 Å². The average molecular weight is 348 g/mol. The predicted octanol–water partition coefficient (Wildman–Crippen LogP) is 5.18. The van der Waals surface area contributed by atoms with Crippen LogP contribution in [0, 0.1) is 18.8 Å². The zero-order valence-corrected chi connectivity index (χ0v) is 16.3. The molecule has 4 nitrogen and oxygen atoms in total. The van der Waals surface area contributed by atoms with E-state index in [4.69, 9.17) is 9.47 Å². The van der Waals surface area contributed by atoms with E-state index in [1.807, 2.05) is 6.92 Å². The van der Waals surface area contributed by atoms with Crippen molar-refractivity contribution in [2.75, 3.05) is 13.2 Å². The highest BCUT2D eigenvalue weighted by Crippen LogP contribution is 2.16. The van der Waals surface area contributed by atoms with Gasteiger partial charge in [-0.2, -0.15) is 0 Å². The molecule has 0 amide bonds. The number of benzene rings is 1. The third-order valence-electron chi connectivity index (χ3n) is 3.93. The summed E-state index contributed by atoms with van der Waals surface area (Å²) in [6.07, 6.45) is 3.66. The summed E-state index contributed by atoms with van der Waals surface area (Å²) in [6.45, 7) is 11.2. The zero-order valence-electron chi connectivity index (χ0n) is 16.3. The van der Waals surface area contributed by atoms with Crippen LogP contribution in [-0.4, -0.2) is 25.2 Å². The second kappa shape index (κ2) is 10.9. The van der Waals surface area contributed by atoms with Gasteiger partial charge in [0, 0.05) is 0 Å². The first kappa shape index (κ1) is 21.2. The number of aryl methyl sites for hydroxylation is 1. The largest absolute Gasteiger partial charge is 0.462 e. The zero-order chi connectivity index (χ0) is 18.8. The van der Waals surface area contributed by atoms with Crippen molar-refractivity contribution in [3.05, 3.63) is 34.9 Å². The van der Waals surface area contributed by atoms with E-state index < -0.39 is 11.9 Å². The van der Waals surface area contributed by atoms with Crippen LogP contribution in [0.2, 0.25) is 0 Å². The molecule has 0 aromatic heterocycles. The first-order valence-electron chi connectivity index (χ1n) is 9.26. The van der Waals surface area contributed by atoms with E-state index in [0.29, 0.717) is 30.6 Å². The Balaban J connectivity index is 2.67. The molecule has 0 radical (unpaired) electrons. The normalized spacial score (nSPS) is 11.0. The topological polar surface area (TPSA) is 52.6 Å². The SMILES string of the molecule is Cc1ccc(C(=O)OCCCC(C)C)c(C(=O)OCCCC(C)C)c1. The van der Waals surface area contributed by atoms with Crippen LogP contribution in [0.15, 0.2) is 18.2 Å². The van der Waals surface area contributed by atoms with Crippen LogP contribution in [0.5, 0.6) is 0 Å². The van der Waals surface area contributed by atoms with Crippen molar-refractivity contribution in [1.29, 1.82) is 0 Å². The molecule has 0 aliphatic rings. The summed E-state index contributed by atoms with van der Waals surface area (Å²) in [6, 6.07) is 5.14. The fraction of sp³-hybridized carbons (Fsp3) is 0.619. The van der Waals surface area contributed by atoms with E-state index >= 15 is 0 Å². The van der Waals surface area contributed by atoms with Crippen LogP contribution in [0.25, 0.3) is 0 Å². The van der Waals surface area contributed by atoms with Gasteiger partial charge < -0.3 is 9.47 Å². The Hall–Kier alpha value is -1.84. The van der Waals surface area contributed by atoms with Crippen molar-refractivity contribution in [2.45, 2.75) is 60.3 Å². The molecule has 4 heteroatoms. The fourth-order valence-corrected chi connectivity index (χ4v) is 2.47. The van der Waals surface area contributed by atoms with Crippen molar-refractivity contribution < 1.29 is 19.1 Å². The van der Waals surface area contributed by atoms with Gasteiger partial charge >= 0.3 is 11.9 Å². The van der Waals surface area contributed by atoms with Crippen molar-refractivity contribution in [3.63, 3.8) is 0 Å². The summed E-state index contributed by atoms with van der Waals surface area (Å²) >= 11 is 0. The van der Waals surface area contributed by atoms with Gasteiger partial charge in [0.2, 0.25) is 0 Å². The standard InChI is InChI=1S/C21H32O4/c1-15(2)8-6-12-24-20(22)18-11-10-17(5)14-19(18)21(23)25-13-7-9-16(3)4/h10-11,14-16H,6-9,12-13H2,1-5H3. The molecule has 0 heterocycles. The molecule has 1 aromatic carbocycles. The van der Waals surface area contributed by atoms with Gasteiger partial charge in [-0.05, 0) is 56.6 Å². The molecule has 1 rings (SSSR count). The van der Waals surface area contributed by atoms with Crippen LogP contribution >= 0.6 is 0 Å². The van der Waals surface area contributed by atoms with Gasteiger partial charge in [0.15, 0.2) is 0 Å². The van der Waals surface area contributed by atoms with Crippen LogP contribution in [-0.2, 0) is 9.47 Å².